The van der Waals surface area contributed by atoms with Gasteiger partial charge < -0.3 is 0 Å². The van der Waals surface area contributed by atoms with E-state index in [1.807, 2.05) is 18.0 Å². The molecule has 8 heteroatoms. The number of benzene rings is 2. The SMILES string of the molecule is CSc1cc(C)ccc1SCI(C)Sc1ccc(C(F)(F)F)cc1SC. The van der Waals surface area contributed by atoms with Crippen molar-refractivity contribution in [3.63, 3.8) is 0 Å². The molecular weight excluding hydrogens is 528 g/mol. The molecule has 0 aliphatic carbocycles. The van der Waals surface area contributed by atoms with Gasteiger partial charge in [-0.05, 0) is 0 Å². The Kier molecular flexibility index (Phi) is 8.91. The van der Waals surface area contributed by atoms with E-state index in [1.165, 1.54) is 39.2 Å². The zero-order chi connectivity index (χ0) is 19.3. The molecule has 0 spiro atoms. The Bertz CT molecular complexity index is 750. The second-order valence-corrected chi connectivity index (χ2v) is 18.4. The van der Waals surface area contributed by atoms with Crippen LogP contribution in [0.3, 0.4) is 0 Å². The molecule has 0 saturated carbocycles. The molecule has 0 bridgehead atoms. The van der Waals surface area contributed by atoms with Crippen molar-refractivity contribution >= 4 is 62.7 Å². The summed E-state index contributed by atoms with van der Waals surface area (Å²) in [5.41, 5.74) is 0.690. The molecule has 0 atom stereocenters. The first kappa shape index (κ1) is 22.6. The molecule has 0 heterocycles. The molecule has 144 valence electrons. The second kappa shape index (κ2) is 10.2. The van der Waals surface area contributed by atoms with Gasteiger partial charge in [-0.3, -0.25) is 0 Å². The first-order chi connectivity index (χ1) is 12.2. The summed E-state index contributed by atoms with van der Waals surface area (Å²) >= 11 is 3.66. The number of rotatable bonds is 7. The minimum atomic E-state index is -4.28. The first-order valence-electron chi connectivity index (χ1n) is 7.51. The summed E-state index contributed by atoms with van der Waals surface area (Å²) in [7, 11) is 1.79. The van der Waals surface area contributed by atoms with E-state index in [2.05, 4.69) is 36.3 Å². The summed E-state index contributed by atoms with van der Waals surface area (Å²) in [6, 6.07) is 10.6. The van der Waals surface area contributed by atoms with Crippen LogP contribution in [-0.2, 0) is 6.18 Å². The fourth-order valence-electron chi connectivity index (χ4n) is 2.10. The summed E-state index contributed by atoms with van der Waals surface area (Å²) in [4.78, 5) is 6.57. The van der Waals surface area contributed by atoms with Gasteiger partial charge in [0.1, 0.15) is 0 Å². The molecule has 0 radical (unpaired) electrons. The van der Waals surface area contributed by atoms with Crippen molar-refractivity contribution in [3.8, 4) is 0 Å². The molecule has 2 rings (SSSR count). The molecule has 0 fully saturated rings. The molecule has 2 aromatic rings. The molecule has 2 aromatic carbocycles. The predicted octanol–water partition coefficient (Wildman–Crippen LogP) is 8.35. The van der Waals surface area contributed by atoms with E-state index in [9.17, 15) is 13.2 Å². The van der Waals surface area contributed by atoms with Crippen molar-refractivity contribution in [2.75, 3.05) is 21.2 Å². The summed E-state index contributed by atoms with van der Waals surface area (Å²) < 4.78 is 39.7. The zero-order valence-corrected chi connectivity index (χ0v) is 20.2. The van der Waals surface area contributed by atoms with Gasteiger partial charge in [-0.1, -0.05) is 0 Å². The van der Waals surface area contributed by atoms with Crippen molar-refractivity contribution in [1.82, 2.24) is 0 Å². The van der Waals surface area contributed by atoms with Crippen LogP contribution in [-0.4, -0.2) is 21.2 Å². The fraction of sp³-hybridized carbons (Fsp3) is 0.333. The minimum absolute atomic E-state index is 0.568. The molecule has 0 N–H and O–H groups in total. The summed E-state index contributed by atoms with van der Waals surface area (Å²) in [5.74, 6) is 0. The van der Waals surface area contributed by atoms with E-state index in [0.29, 0.717) is 0 Å². The summed E-state index contributed by atoms with van der Waals surface area (Å²) in [5, 5.41) is 0. The van der Waals surface area contributed by atoms with E-state index in [1.54, 1.807) is 26.8 Å². The Morgan fingerprint density at radius 1 is 0.885 bits per heavy atom. The normalized spacial score (nSPS) is 12.3. The van der Waals surface area contributed by atoms with Gasteiger partial charge in [-0.15, -0.1) is 0 Å². The number of hydrogen-bond acceptors (Lipinski definition) is 4. The van der Waals surface area contributed by atoms with Gasteiger partial charge in [0, 0.05) is 0 Å². The van der Waals surface area contributed by atoms with Crippen LogP contribution in [0, 0.1) is 6.92 Å². The van der Waals surface area contributed by atoms with Gasteiger partial charge >= 0.3 is 177 Å². The molecule has 0 unspecified atom stereocenters. The van der Waals surface area contributed by atoms with Gasteiger partial charge in [0.2, 0.25) is 0 Å². The molecule has 0 aliphatic rings. The average Bonchev–Trinajstić information content (AvgIpc) is 2.59. The van der Waals surface area contributed by atoms with Gasteiger partial charge in [0.15, 0.2) is 0 Å². The van der Waals surface area contributed by atoms with Crippen molar-refractivity contribution in [3.05, 3.63) is 47.5 Å². The Morgan fingerprint density at radius 3 is 2.12 bits per heavy atom. The first-order valence-corrected chi connectivity index (χ1v) is 18.0. The van der Waals surface area contributed by atoms with E-state index < -0.39 is 30.2 Å². The quantitative estimate of drug-likeness (QED) is 0.194. The average molecular weight is 549 g/mol. The van der Waals surface area contributed by atoms with E-state index in [4.69, 9.17) is 0 Å². The van der Waals surface area contributed by atoms with Crippen molar-refractivity contribution in [2.24, 2.45) is 0 Å². The topological polar surface area (TPSA) is 0 Å². The Labute approximate surface area is 176 Å². The Hall–Kier alpha value is 0.360. The number of alkyl halides is 5. The van der Waals surface area contributed by atoms with Crippen molar-refractivity contribution in [1.29, 1.82) is 0 Å². The van der Waals surface area contributed by atoms with Crippen LogP contribution < -0.4 is 0 Å². The maximum atomic E-state index is 12.9. The van der Waals surface area contributed by atoms with E-state index in [0.717, 1.165) is 13.6 Å². The second-order valence-electron chi connectivity index (χ2n) is 5.38. The standard InChI is InChI=1S/C18H20F3IS4/c1-12-5-7-14(16(9-12)23-3)25-11-22(2)26-15-8-6-13(18(19,20)21)10-17(15)24-4/h5-10H,11H2,1-4H3. The molecule has 26 heavy (non-hydrogen) atoms. The molecular formula is C18H20F3IS4. The summed E-state index contributed by atoms with van der Waals surface area (Å²) in [6.07, 6.45) is -0.365. The molecule has 0 nitrogen and oxygen atoms in total. The van der Waals surface area contributed by atoms with Gasteiger partial charge in [-0.2, -0.15) is 0 Å². The monoisotopic (exact) mass is 548 g/mol. The van der Waals surface area contributed by atoms with Gasteiger partial charge in [0.05, 0.1) is 0 Å². The number of halogens is 4. The van der Waals surface area contributed by atoms with Crippen LogP contribution in [0.2, 0.25) is 0 Å². The number of hydrogen-bond donors (Lipinski definition) is 0. The zero-order valence-electron chi connectivity index (χ0n) is 14.8. The Balaban J connectivity index is 2.05. The molecule has 0 saturated heterocycles. The predicted molar refractivity (Wildman–Crippen MR) is 123 cm³/mol. The third kappa shape index (κ3) is 6.46. The van der Waals surface area contributed by atoms with Crippen molar-refractivity contribution < 1.29 is 13.2 Å². The molecule has 0 aliphatic heterocycles. The van der Waals surface area contributed by atoms with Crippen LogP contribution in [0.15, 0.2) is 56.0 Å². The maximum absolute atomic E-state index is 12.9. The number of aryl methyl sites for hydroxylation is 1. The third-order valence-corrected chi connectivity index (χ3v) is 16.1. The Morgan fingerprint density at radius 2 is 1.50 bits per heavy atom. The fourth-order valence-corrected chi connectivity index (χ4v) is 13.7. The third-order valence-electron chi connectivity index (χ3n) is 3.39. The van der Waals surface area contributed by atoms with Crippen LogP contribution in [0.4, 0.5) is 13.2 Å². The van der Waals surface area contributed by atoms with Crippen LogP contribution in [0.25, 0.3) is 0 Å². The number of thioether (sulfide) groups is 3. The van der Waals surface area contributed by atoms with Gasteiger partial charge in [0.25, 0.3) is 0 Å². The van der Waals surface area contributed by atoms with E-state index in [-0.39, 0.29) is 0 Å². The van der Waals surface area contributed by atoms with Gasteiger partial charge in [-0.25, -0.2) is 0 Å². The molecule has 0 amide bonds. The van der Waals surface area contributed by atoms with Crippen LogP contribution in [0.1, 0.15) is 11.1 Å². The van der Waals surface area contributed by atoms with Crippen LogP contribution in [0.5, 0.6) is 0 Å². The van der Waals surface area contributed by atoms with E-state index >= 15 is 0 Å². The van der Waals surface area contributed by atoms with Crippen molar-refractivity contribution in [2.45, 2.75) is 32.7 Å². The molecule has 0 aromatic heterocycles. The van der Waals surface area contributed by atoms with Crippen LogP contribution >= 0.6 is 62.7 Å². The summed E-state index contributed by atoms with van der Waals surface area (Å²) in [6.45, 7) is 2.09.